The lowest BCUT2D eigenvalue weighted by Gasteiger charge is -2.31. The molecular formula is C19H27ClN4O4. The number of rotatable bonds is 7. The molecule has 1 fully saturated rings. The smallest absolute Gasteiger partial charge is 0.409 e. The zero-order chi connectivity index (χ0) is 20.5. The van der Waals surface area contributed by atoms with Gasteiger partial charge in [0.05, 0.1) is 30.4 Å². The number of carbonyl (C=O) groups is 3. The third kappa shape index (κ3) is 7.01. The Morgan fingerprint density at radius 2 is 1.82 bits per heavy atom. The summed E-state index contributed by atoms with van der Waals surface area (Å²) in [7, 11) is 1.70. The number of nitrogens with one attached hydrogen (secondary N) is 2. The molecule has 1 saturated heterocycles. The number of piperidine rings is 1. The van der Waals surface area contributed by atoms with Crippen molar-refractivity contribution in [3.05, 3.63) is 29.3 Å². The number of hydrogen-bond acceptors (Lipinski definition) is 5. The van der Waals surface area contributed by atoms with E-state index >= 15 is 0 Å². The fraction of sp³-hybridized carbons (Fsp3) is 0.526. The highest BCUT2D eigenvalue weighted by Crippen LogP contribution is 2.20. The number of benzene rings is 1. The molecule has 0 unspecified atom stereocenters. The van der Waals surface area contributed by atoms with Crippen LogP contribution in [0.3, 0.4) is 0 Å². The van der Waals surface area contributed by atoms with Gasteiger partial charge < -0.3 is 20.3 Å². The van der Waals surface area contributed by atoms with Gasteiger partial charge in [-0.2, -0.15) is 0 Å². The Bertz CT molecular complexity index is 692. The van der Waals surface area contributed by atoms with Crippen molar-refractivity contribution < 1.29 is 19.1 Å². The molecule has 0 saturated carbocycles. The van der Waals surface area contributed by atoms with Crippen LogP contribution >= 0.6 is 11.6 Å². The largest absolute Gasteiger partial charge is 0.450 e. The summed E-state index contributed by atoms with van der Waals surface area (Å²) in [6.45, 7) is 3.41. The molecule has 1 heterocycles. The van der Waals surface area contributed by atoms with Crippen molar-refractivity contribution in [3.8, 4) is 0 Å². The topological polar surface area (TPSA) is 91.0 Å². The molecule has 0 aliphatic carbocycles. The Labute approximate surface area is 170 Å². The monoisotopic (exact) mass is 410 g/mol. The van der Waals surface area contributed by atoms with Gasteiger partial charge in [0.15, 0.2) is 0 Å². The number of amides is 3. The number of para-hydroxylation sites is 1. The van der Waals surface area contributed by atoms with E-state index in [-0.39, 0.29) is 37.0 Å². The quantitative estimate of drug-likeness (QED) is 0.716. The molecule has 9 heteroatoms. The molecule has 0 radical (unpaired) electrons. The van der Waals surface area contributed by atoms with Gasteiger partial charge >= 0.3 is 6.09 Å². The summed E-state index contributed by atoms with van der Waals surface area (Å²) in [6.07, 6.45) is 1.05. The van der Waals surface area contributed by atoms with Crippen LogP contribution in [0.15, 0.2) is 24.3 Å². The lowest BCUT2D eigenvalue weighted by atomic mass is 10.1. The van der Waals surface area contributed by atoms with Crippen LogP contribution in [0.1, 0.15) is 19.8 Å². The Morgan fingerprint density at radius 1 is 1.18 bits per heavy atom. The van der Waals surface area contributed by atoms with E-state index in [0.717, 1.165) is 0 Å². The van der Waals surface area contributed by atoms with Crippen molar-refractivity contribution >= 4 is 35.2 Å². The average molecular weight is 411 g/mol. The summed E-state index contributed by atoms with van der Waals surface area (Å²) in [5, 5.41) is 6.15. The van der Waals surface area contributed by atoms with E-state index in [9.17, 15) is 14.4 Å². The van der Waals surface area contributed by atoms with Gasteiger partial charge in [-0.05, 0) is 38.9 Å². The lowest BCUT2D eigenvalue weighted by molar-refractivity contribution is -0.123. The minimum atomic E-state index is -0.309. The van der Waals surface area contributed by atoms with Crippen LogP contribution in [0.2, 0.25) is 5.02 Å². The second-order valence-corrected chi connectivity index (χ2v) is 7.14. The first-order chi connectivity index (χ1) is 13.4. The van der Waals surface area contributed by atoms with Crippen LogP contribution in [-0.2, 0) is 14.3 Å². The van der Waals surface area contributed by atoms with Crippen LogP contribution in [0.25, 0.3) is 0 Å². The highest BCUT2D eigenvalue weighted by atomic mass is 35.5. The molecule has 2 N–H and O–H groups in total. The standard InChI is InChI=1S/C19H27ClN4O4/c1-3-28-19(27)24-10-8-14(9-11-24)21-17(25)12-23(2)13-18(26)22-16-7-5-4-6-15(16)20/h4-7,14H,3,8-13H2,1-2H3,(H,21,25)(H,22,26). The Hall–Kier alpha value is -2.32. The molecule has 1 aromatic carbocycles. The van der Waals surface area contributed by atoms with E-state index in [1.54, 1.807) is 48.0 Å². The van der Waals surface area contributed by atoms with Crippen LogP contribution in [0, 0.1) is 0 Å². The molecular weight excluding hydrogens is 384 g/mol. The second-order valence-electron chi connectivity index (χ2n) is 6.73. The Balaban J connectivity index is 1.69. The summed E-state index contributed by atoms with van der Waals surface area (Å²) in [6, 6.07) is 7.00. The molecule has 0 spiro atoms. The highest BCUT2D eigenvalue weighted by molar-refractivity contribution is 6.33. The number of likely N-dealkylation sites (N-methyl/N-ethyl adjacent to an activating group) is 1. The first-order valence-corrected chi connectivity index (χ1v) is 9.70. The fourth-order valence-electron chi connectivity index (χ4n) is 2.99. The van der Waals surface area contributed by atoms with Crippen molar-refractivity contribution in [1.29, 1.82) is 0 Å². The molecule has 154 valence electrons. The predicted octanol–water partition coefficient (Wildman–Crippen LogP) is 1.95. The number of nitrogens with zero attached hydrogens (tertiary/aromatic N) is 2. The van der Waals surface area contributed by atoms with E-state index in [0.29, 0.717) is 43.2 Å². The van der Waals surface area contributed by atoms with Gasteiger partial charge in [0.25, 0.3) is 0 Å². The van der Waals surface area contributed by atoms with E-state index in [2.05, 4.69) is 10.6 Å². The normalized spacial score (nSPS) is 14.6. The molecule has 1 aliphatic rings. The zero-order valence-electron chi connectivity index (χ0n) is 16.2. The van der Waals surface area contributed by atoms with Gasteiger partial charge in [-0.1, -0.05) is 23.7 Å². The van der Waals surface area contributed by atoms with Gasteiger partial charge in [0, 0.05) is 19.1 Å². The van der Waals surface area contributed by atoms with E-state index < -0.39 is 0 Å². The summed E-state index contributed by atoms with van der Waals surface area (Å²) < 4.78 is 4.98. The van der Waals surface area contributed by atoms with Crippen LogP contribution in [-0.4, -0.2) is 73.6 Å². The maximum absolute atomic E-state index is 12.2. The van der Waals surface area contributed by atoms with E-state index in [4.69, 9.17) is 16.3 Å². The number of likely N-dealkylation sites (tertiary alicyclic amines) is 1. The van der Waals surface area contributed by atoms with Crippen LogP contribution in [0.5, 0.6) is 0 Å². The Morgan fingerprint density at radius 3 is 2.46 bits per heavy atom. The number of anilines is 1. The lowest BCUT2D eigenvalue weighted by Crippen LogP contribution is -2.49. The van der Waals surface area contributed by atoms with Crippen molar-refractivity contribution in [2.75, 3.05) is 45.2 Å². The first-order valence-electron chi connectivity index (χ1n) is 9.33. The molecule has 0 atom stereocenters. The van der Waals surface area contributed by atoms with Crippen molar-refractivity contribution in [2.24, 2.45) is 0 Å². The first kappa shape index (κ1) is 22.0. The minimum Gasteiger partial charge on any atom is -0.450 e. The SMILES string of the molecule is CCOC(=O)N1CCC(NC(=O)CN(C)CC(=O)Nc2ccccc2Cl)CC1. The van der Waals surface area contributed by atoms with Gasteiger partial charge in [0.2, 0.25) is 11.8 Å². The summed E-state index contributed by atoms with van der Waals surface area (Å²) >= 11 is 6.02. The number of hydrogen-bond donors (Lipinski definition) is 2. The van der Waals surface area contributed by atoms with Crippen molar-refractivity contribution in [2.45, 2.75) is 25.8 Å². The number of carbonyl (C=O) groups excluding carboxylic acids is 3. The van der Waals surface area contributed by atoms with Crippen molar-refractivity contribution in [1.82, 2.24) is 15.1 Å². The van der Waals surface area contributed by atoms with Crippen LogP contribution < -0.4 is 10.6 Å². The minimum absolute atomic E-state index is 0.0172. The summed E-state index contributed by atoms with van der Waals surface area (Å²) in [5.74, 6) is -0.395. The summed E-state index contributed by atoms with van der Waals surface area (Å²) in [5.41, 5.74) is 0.542. The molecule has 1 aromatic rings. The molecule has 28 heavy (non-hydrogen) atoms. The molecule has 8 nitrogen and oxygen atoms in total. The maximum Gasteiger partial charge on any atom is 0.409 e. The van der Waals surface area contributed by atoms with Crippen molar-refractivity contribution in [3.63, 3.8) is 0 Å². The van der Waals surface area contributed by atoms with Gasteiger partial charge in [-0.15, -0.1) is 0 Å². The average Bonchev–Trinajstić information content (AvgIpc) is 2.64. The van der Waals surface area contributed by atoms with Gasteiger partial charge in [0.1, 0.15) is 0 Å². The number of halogens is 1. The number of ether oxygens (including phenoxy) is 1. The molecule has 3 amide bonds. The third-order valence-electron chi connectivity index (χ3n) is 4.36. The highest BCUT2D eigenvalue weighted by Gasteiger charge is 2.24. The third-order valence-corrected chi connectivity index (χ3v) is 4.69. The van der Waals surface area contributed by atoms with Crippen LogP contribution in [0.4, 0.5) is 10.5 Å². The predicted molar refractivity (Wildman–Crippen MR) is 107 cm³/mol. The van der Waals surface area contributed by atoms with Gasteiger partial charge in [-0.25, -0.2) is 4.79 Å². The second kappa shape index (κ2) is 10.9. The Kier molecular flexibility index (Phi) is 8.53. The summed E-state index contributed by atoms with van der Waals surface area (Å²) in [4.78, 5) is 39.3. The van der Waals surface area contributed by atoms with Gasteiger partial charge in [-0.3, -0.25) is 14.5 Å². The molecule has 0 aromatic heterocycles. The molecule has 0 bridgehead atoms. The maximum atomic E-state index is 12.2. The molecule has 1 aliphatic heterocycles. The fourth-order valence-corrected chi connectivity index (χ4v) is 3.18. The zero-order valence-corrected chi connectivity index (χ0v) is 17.0. The van der Waals surface area contributed by atoms with E-state index in [1.807, 2.05) is 0 Å². The van der Waals surface area contributed by atoms with E-state index in [1.165, 1.54) is 0 Å². The molecule has 2 rings (SSSR count).